The van der Waals surface area contributed by atoms with Crippen LogP contribution in [0.2, 0.25) is 0 Å². The van der Waals surface area contributed by atoms with Gasteiger partial charge in [0.25, 0.3) is 17.5 Å². The highest BCUT2D eigenvalue weighted by Crippen LogP contribution is 2.73. The van der Waals surface area contributed by atoms with Gasteiger partial charge in [-0.15, -0.1) is 0 Å². The van der Waals surface area contributed by atoms with E-state index in [-0.39, 0.29) is 63.7 Å². The zero-order chi connectivity index (χ0) is 22.2. The van der Waals surface area contributed by atoms with Gasteiger partial charge in [0.15, 0.2) is 0 Å². The number of imide groups is 1. The molecular weight excluding hydrogens is 414 g/mol. The van der Waals surface area contributed by atoms with Crippen LogP contribution < -0.4 is 4.74 Å². The summed E-state index contributed by atoms with van der Waals surface area (Å²) in [6.45, 7) is 0. The molecule has 0 unspecified atom stereocenters. The van der Waals surface area contributed by atoms with Gasteiger partial charge < -0.3 is 9.15 Å². The maximum Gasteiger partial charge on any atom is 0.284 e. The van der Waals surface area contributed by atoms with Crippen molar-refractivity contribution < 1.29 is 23.7 Å². The van der Waals surface area contributed by atoms with Crippen LogP contribution in [0.5, 0.6) is 5.75 Å². The van der Waals surface area contributed by atoms with Crippen molar-refractivity contribution in [1.29, 1.82) is 0 Å². The minimum absolute atomic E-state index is 0.138. The van der Waals surface area contributed by atoms with Crippen molar-refractivity contribution in [3.8, 4) is 17.1 Å². The van der Waals surface area contributed by atoms with Crippen LogP contribution in [0.25, 0.3) is 11.3 Å². The molecule has 3 fully saturated rings. The summed E-state index contributed by atoms with van der Waals surface area (Å²) in [7, 11) is 1.43. The molecular formula is C23H19N3O6. The van der Waals surface area contributed by atoms with Gasteiger partial charge >= 0.3 is 0 Å². The molecule has 2 heterocycles. The van der Waals surface area contributed by atoms with Gasteiger partial charge in [0.2, 0.25) is 0 Å². The van der Waals surface area contributed by atoms with Crippen LogP contribution in [0.3, 0.4) is 0 Å². The number of nitrogens with zero attached hydrogens (tertiary/aromatic N) is 3. The monoisotopic (exact) mass is 433 g/mol. The molecule has 32 heavy (non-hydrogen) atoms. The third kappa shape index (κ3) is 2.41. The number of hydrogen-bond acceptors (Lipinski definition) is 7. The van der Waals surface area contributed by atoms with E-state index in [0.29, 0.717) is 5.75 Å². The number of nitro benzene ring substituents is 1. The Bertz CT molecular complexity index is 1210. The summed E-state index contributed by atoms with van der Waals surface area (Å²) in [6.07, 6.45) is 7.69. The van der Waals surface area contributed by atoms with E-state index in [2.05, 4.69) is 17.3 Å². The van der Waals surface area contributed by atoms with Crippen molar-refractivity contribution in [1.82, 2.24) is 5.01 Å². The zero-order valence-corrected chi connectivity index (χ0v) is 17.1. The number of carbonyl (C=O) groups excluding carboxylic acids is 2. The van der Waals surface area contributed by atoms with E-state index < -0.39 is 4.92 Å². The fraction of sp³-hybridized carbons (Fsp3) is 0.348. The smallest absolute Gasteiger partial charge is 0.284 e. The van der Waals surface area contributed by atoms with Crippen LogP contribution in [0.15, 0.2) is 52.0 Å². The van der Waals surface area contributed by atoms with Crippen molar-refractivity contribution in [2.24, 2.45) is 34.2 Å². The number of methoxy groups -OCH3 is 1. The number of benzene rings is 1. The number of hydrazone groups is 1. The number of fused-ring (bicyclic) bond motifs is 3. The first kappa shape index (κ1) is 19.0. The summed E-state index contributed by atoms with van der Waals surface area (Å²) < 4.78 is 10.8. The minimum atomic E-state index is -0.510. The molecule has 1 aliphatic heterocycles. The molecule has 6 rings (SSSR count). The number of amides is 2. The Kier molecular flexibility index (Phi) is 3.78. The largest absolute Gasteiger partial charge is 0.497 e. The van der Waals surface area contributed by atoms with E-state index in [1.807, 2.05) is 0 Å². The fourth-order valence-electron chi connectivity index (χ4n) is 5.86. The van der Waals surface area contributed by atoms with Crippen LogP contribution in [0, 0.1) is 39.2 Å². The van der Waals surface area contributed by atoms with Gasteiger partial charge in [-0.25, -0.2) is 0 Å². The van der Waals surface area contributed by atoms with Gasteiger partial charge in [0.05, 0.1) is 41.7 Å². The predicted molar refractivity (Wildman–Crippen MR) is 112 cm³/mol. The van der Waals surface area contributed by atoms with Gasteiger partial charge in [-0.2, -0.15) is 10.1 Å². The molecule has 9 heteroatoms. The van der Waals surface area contributed by atoms with Crippen LogP contribution in [0.4, 0.5) is 5.69 Å². The lowest BCUT2D eigenvalue weighted by atomic mass is 9.85. The van der Waals surface area contributed by atoms with Crippen molar-refractivity contribution in [3.05, 3.63) is 58.4 Å². The molecule has 0 radical (unpaired) electrons. The summed E-state index contributed by atoms with van der Waals surface area (Å²) >= 11 is 0. The standard InChI is InChI=1S/C23H19N3O6/c1-31-12-2-4-14(17(10-12)26(29)30)18-7-3-13(32-18)11-24-25-21(27)19-15-5-6-16(20(19)22(25)28)23(15)8-9-23/h2-7,10-11,15-16,19-20H,8-9H2,1H3/b24-11-/t15-,16-,19+,20+/m1/s1. The molecule has 1 saturated heterocycles. The molecule has 1 aromatic heterocycles. The first-order chi connectivity index (χ1) is 15.4. The lowest BCUT2D eigenvalue weighted by Crippen LogP contribution is -2.30. The molecule has 0 N–H and O–H groups in total. The second-order valence-corrected chi connectivity index (χ2v) is 8.80. The van der Waals surface area contributed by atoms with Crippen LogP contribution in [0.1, 0.15) is 18.6 Å². The molecule has 1 aromatic carbocycles. The third-order valence-electron chi connectivity index (χ3n) is 7.42. The highest BCUT2D eigenvalue weighted by molar-refractivity contribution is 6.07. The highest BCUT2D eigenvalue weighted by Gasteiger charge is 2.73. The lowest BCUT2D eigenvalue weighted by Gasteiger charge is -2.18. The Balaban J connectivity index is 1.25. The Labute approximate surface area is 182 Å². The number of carbonyl (C=O) groups is 2. The van der Waals surface area contributed by atoms with E-state index in [1.54, 1.807) is 24.3 Å². The maximum atomic E-state index is 13.0. The molecule has 4 aliphatic rings. The molecule has 2 aromatic rings. The van der Waals surface area contributed by atoms with Gasteiger partial charge in [-0.3, -0.25) is 19.7 Å². The second-order valence-electron chi connectivity index (χ2n) is 8.80. The van der Waals surface area contributed by atoms with Crippen molar-refractivity contribution in [2.75, 3.05) is 7.11 Å². The van der Waals surface area contributed by atoms with Crippen LogP contribution in [-0.4, -0.2) is 35.1 Å². The number of rotatable bonds is 5. The van der Waals surface area contributed by atoms with Crippen molar-refractivity contribution in [2.45, 2.75) is 12.8 Å². The van der Waals surface area contributed by atoms with Crippen LogP contribution in [-0.2, 0) is 9.59 Å². The Morgan fingerprint density at radius 3 is 2.44 bits per heavy atom. The molecule has 9 nitrogen and oxygen atoms in total. The van der Waals surface area contributed by atoms with Gasteiger partial charge in [-0.1, -0.05) is 12.2 Å². The third-order valence-corrected chi connectivity index (χ3v) is 7.42. The Morgan fingerprint density at radius 1 is 1.16 bits per heavy atom. The quantitative estimate of drug-likeness (QED) is 0.235. The average Bonchev–Trinajstić information content (AvgIpc) is 3.08. The van der Waals surface area contributed by atoms with Gasteiger partial charge in [0, 0.05) is 0 Å². The zero-order valence-electron chi connectivity index (χ0n) is 17.1. The van der Waals surface area contributed by atoms with E-state index in [0.717, 1.165) is 17.9 Å². The predicted octanol–water partition coefficient (Wildman–Crippen LogP) is 3.39. The van der Waals surface area contributed by atoms with E-state index in [9.17, 15) is 19.7 Å². The first-order valence-electron chi connectivity index (χ1n) is 10.5. The molecule has 1 spiro atoms. The minimum Gasteiger partial charge on any atom is -0.497 e. The molecule has 2 bridgehead atoms. The molecule has 4 atom stereocenters. The molecule has 2 saturated carbocycles. The van der Waals surface area contributed by atoms with E-state index in [1.165, 1.54) is 19.4 Å². The number of furan rings is 1. The summed E-state index contributed by atoms with van der Waals surface area (Å²) in [6, 6.07) is 7.64. The maximum absolute atomic E-state index is 13.0. The van der Waals surface area contributed by atoms with E-state index in [4.69, 9.17) is 9.15 Å². The number of ether oxygens (including phenoxy) is 1. The Hall–Kier alpha value is -3.75. The van der Waals surface area contributed by atoms with Crippen molar-refractivity contribution >= 4 is 23.7 Å². The number of hydrogen-bond donors (Lipinski definition) is 0. The summed E-state index contributed by atoms with van der Waals surface area (Å²) in [5.41, 5.74) is 0.270. The molecule has 2 amide bonds. The summed E-state index contributed by atoms with van der Waals surface area (Å²) in [5.74, 6) is 0.0606. The van der Waals surface area contributed by atoms with Gasteiger partial charge in [-0.05, 0) is 54.4 Å². The summed E-state index contributed by atoms with van der Waals surface area (Å²) in [4.78, 5) is 36.9. The Morgan fingerprint density at radius 2 is 1.84 bits per heavy atom. The average molecular weight is 433 g/mol. The number of allylic oxidation sites excluding steroid dienone is 2. The lowest BCUT2D eigenvalue weighted by molar-refractivity contribution is -0.384. The molecule has 3 aliphatic carbocycles. The first-order valence-corrected chi connectivity index (χ1v) is 10.5. The normalized spacial score (nSPS) is 28.8. The molecule has 162 valence electrons. The topological polar surface area (TPSA) is 115 Å². The fourth-order valence-corrected chi connectivity index (χ4v) is 5.86. The second kappa shape index (κ2) is 6.38. The highest BCUT2D eigenvalue weighted by atomic mass is 16.6. The van der Waals surface area contributed by atoms with E-state index >= 15 is 0 Å². The van der Waals surface area contributed by atoms with Crippen LogP contribution >= 0.6 is 0 Å². The number of nitro groups is 1. The van der Waals surface area contributed by atoms with Gasteiger partial charge in [0.1, 0.15) is 17.3 Å². The van der Waals surface area contributed by atoms with Crippen molar-refractivity contribution in [3.63, 3.8) is 0 Å². The summed E-state index contributed by atoms with van der Waals surface area (Å²) in [5, 5.41) is 16.5. The SMILES string of the molecule is COc1ccc(-c2ccc(/C=N\N3C(=O)[C@@H]4[C@@H](C3=O)[C@H]3C=C[C@H]4C34CC4)o2)c([N+](=O)[O-])c1.